The summed E-state index contributed by atoms with van der Waals surface area (Å²) in [4.78, 5) is 12.9. The smallest absolute Gasteiger partial charge is 0.338 e. The van der Waals surface area contributed by atoms with Crippen LogP contribution in [0.25, 0.3) is 0 Å². The lowest BCUT2D eigenvalue weighted by Crippen LogP contribution is -2.60. The van der Waals surface area contributed by atoms with E-state index >= 15 is 0 Å². The van der Waals surface area contributed by atoms with E-state index in [1.165, 1.54) is 0 Å². The molecule has 3 aromatic carbocycles. The zero-order chi connectivity index (χ0) is 23.8. The van der Waals surface area contributed by atoms with Gasteiger partial charge in [0.15, 0.2) is 6.10 Å². The van der Waals surface area contributed by atoms with E-state index in [2.05, 4.69) is 0 Å². The third kappa shape index (κ3) is 6.30. The standard InChI is InChI=1S/C28H30O6/c1-20-25(29)27(32-18-22-13-7-3-8-14-22)26(34-28(30)23-15-9-4-10-16-23)24(33-20)19-31-17-21-11-5-2-6-12-21/h2-16,20,24-27,29H,17-19H2,1H3/t20-,24?,25?,26-,27-/m0/s1. The molecule has 0 aromatic heterocycles. The predicted octanol–water partition coefficient (Wildman–Crippen LogP) is 4.16. The van der Waals surface area contributed by atoms with E-state index in [1.807, 2.05) is 66.7 Å². The molecule has 0 aliphatic carbocycles. The van der Waals surface area contributed by atoms with Crippen molar-refractivity contribution >= 4 is 5.97 Å². The Morgan fingerprint density at radius 2 is 1.38 bits per heavy atom. The van der Waals surface area contributed by atoms with Crippen LogP contribution in [-0.4, -0.2) is 48.2 Å². The molecule has 1 aliphatic heterocycles. The van der Waals surface area contributed by atoms with Gasteiger partial charge < -0.3 is 24.1 Å². The van der Waals surface area contributed by atoms with Crippen molar-refractivity contribution in [3.8, 4) is 0 Å². The van der Waals surface area contributed by atoms with Crippen molar-refractivity contribution in [3.63, 3.8) is 0 Å². The topological polar surface area (TPSA) is 74.2 Å². The van der Waals surface area contributed by atoms with Crippen molar-refractivity contribution in [2.45, 2.75) is 50.7 Å². The lowest BCUT2D eigenvalue weighted by atomic mass is 9.95. The highest BCUT2D eigenvalue weighted by atomic mass is 16.6. The summed E-state index contributed by atoms with van der Waals surface area (Å²) in [5.41, 5.74) is 2.40. The Kier molecular flexibility index (Phi) is 8.44. The highest BCUT2D eigenvalue weighted by Crippen LogP contribution is 2.28. The average molecular weight is 463 g/mol. The summed E-state index contributed by atoms with van der Waals surface area (Å²) in [5, 5.41) is 10.9. The summed E-state index contributed by atoms with van der Waals surface area (Å²) >= 11 is 0. The van der Waals surface area contributed by atoms with Gasteiger partial charge in [0.2, 0.25) is 0 Å². The molecule has 0 saturated carbocycles. The number of hydrogen-bond acceptors (Lipinski definition) is 6. The van der Waals surface area contributed by atoms with Crippen LogP contribution in [0.2, 0.25) is 0 Å². The van der Waals surface area contributed by atoms with E-state index in [9.17, 15) is 9.90 Å². The molecule has 3 aromatic rings. The highest BCUT2D eigenvalue weighted by molar-refractivity contribution is 5.89. The van der Waals surface area contributed by atoms with Gasteiger partial charge in [0, 0.05) is 0 Å². The summed E-state index contributed by atoms with van der Waals surface area (Å²) in [6.07, 6.45) is -3.71. The largest absolute Gasteiger partial charge is 0.453 e. The monoisotopic (exact) mass is 462 g/mol. The fourth-order valence-corrected chi connectivity index (χ4v) is 3.98. The molecule has 1 heterocycles. The van der Waals surface area contributed by atoms with Gasteiger partial charge in [-0.25, -0.2) is 4.79 Å². The molecule has 6 nitrogen and oxygen atoms in total. The Morgan fingerprint density at radius 3 is 2.00 bits per heavy atom. The third-order valence-corrected chi connectivity index (χ3v) is 5.83. The minimum atomic E-state index is -0.970. The number of esters is 1. The van der Waals surface area contributed by atoms with Crippen molar-refractivity contribution in [2.75, 3.05) is 6.61 Å². The van der Waals surface area contributed by atoms with Gasteiger partial charge in [-0.05, 0) is 30.2 Å². The Bertz CT molecular complexity index is 1010. The Labute approximate surface area is 200 Å². The van der Waals surface area contributed by atoms with Crippen molar-refractivity contribution in [2.24, 2.45) is 0 Å². The fraction of sp³-hybridized carbons (Fsp3) is 0.321. The maximum atomic E-state index is 12.9. The van der Waals surface area contributed by atoms with Crippen LogP contribution in [0.15, 0.2) is 91.0 Å². The third-order valence-electron chi connectivity index (χ3n) is 5.83. The lowest BCUT2D eigenvalue weighted by molar-refractivity contribution is -0.243. The van der Waals surface area contributed by atoms with Crippen LogP contribution in [0.3, 0.4) is 0 Å². The van der Waals surface area contributed by atoms with Crippen LogP contribution in [-0.2, 0) is 32.2 Å². The first-order valence-corrected chi connectivity index (χ1v) is 11.5. The molecule has 0 bridgehead atoms. The van der Waals surface area contributed by atoms with Gasteiger partial charge in [0.1, 0.15) is 18.3 Å². The van der Waals surface area contributed by atoms with Crippen LogP contribution in [0.1, 0.15) is 28.4 Å². The summed E-state index contributed by atoms with van der Waals surface area (Å²) < 4.78 is 24.0. The maximum Gasteiger partial charge on any atom is 0.338 e. The van der Waals surface area contributed by atoms with E-state index in [1.54, 1.807) is 31.2 Å². The molecule has 0 spiro atoms. The molecular weight excluding hydrogens is 432 g/mol. The summed E-state index contributed by atoms with van der Waals surface area (Å²) in [6.45, 7) is 2.63. The van der Waals surface area contributed by atoms with E-state index in [4.69, 9.17) is 18.9 Å². The molecule has 1 aliphatic rings. The maximum absolute atomic E-state index is 12.9. The molecule has 5 atom stereocenters. The van der Waals surface area contributed by atoms with Crippen molar-refractivity contribution < 1.29 is 28.8 Å². The number of rotatable bonds is 9. The number of aliphatic hydroxyl groups excluding tert-OH is 1. The van der Waals surface area contributed by atoms with Crippen molar-refractivity contribution in [1.29, 1.82) is 0 Å². The second-order valence-corrected chi connectivity index (χ2v) is 8.37. The first-order chi connectivity index (χ1) is 16.6. The quantitative estimate of drug-likeness (QED) is 0.482. The van der Waals surface area contributed by atoms with Crippen LogP contribution >= 0.6 is 0 Å². The Morgan fingerprint density at radius 1 is 0.824 bits per heavy atom. The molecule has 1 saturated heterocycles. The summed E-state index contributed by atoms with van der Waals surface area (Å²) in [6, 6.07) is 28.2. The van der Waals surface area contributed by atoms with Gasteiger partial charge in [0.05, 0.1) is 31.5 Å². The van der Waals surface area contributed by atoms with Crippen molar-refractivity contribution in [1.82, 2.24) is 0 Å². The number of ether oxygens (including phenoxy) is 4. The van der Waals surface area contributed by atoms with Gasteiger partial charge in [-0.2, -0.15) is 0 Å². The molecule has 1 fully saturated rings. The van der Waals surface area contributed by atoms with Gasteiger partial charge in [-0.3, -0.25) is 0 Å². The number of aliphatic hydroxyl groups is 1. The zero-order valence-corrected chi connectivity index (χ0v) is 19.2. The number of benzene rings is 3. The normalized spacial score (nSPS) is 24.5. The van der Waals surface area contributed by atoms with Gasteiger partial charge >= 0.3 is 5.97 Å². The average Bonchev–Trinajstić information content (AvgIpc) is 2.88. The molecule has 6 heteroatoms. The summed E-state index contributed by atoms with van der Waals surface area (Å²) in [7, 11) is 0. The molecule has 4 rings (SSSR count). The number of carbonyl (C=O) groups is 1. The van der Waals surface area contributed by atoms with E-state index in [0.717, 1.165) is 11.1 Å². The van der Waals surface area contributed by atoms with Gasteiger partial charge in [-0.15, -0.1) is 0 Å². The van der Waals surface area contributed by atoms with Gasteiger partial charge in [0.25, 0.3) is 0 Å². The lowest BCUT2D eigenvalue weighted by Gasteiger charge is -2.43. The molecule has 1 N–H and O–H groups in total. The zero-order valence-electron chi connectivity index (χ0n) is 19.2. The number of hydrogen-bond donors (Lipinski definition) is 1. The predicted molar refractivity (Wildman–Crippen MR) is 127 cm³/mol. The Hall–Kier alpha value is -3.03. The second-order valence-electron chi connectivity index (χ2n) is 8.37. The van der Waals surface area contributed by atoms with E-state index in [-0.39, 0.29) is 13.2 Å². The Balaban J connectivity index is 1.50. The second kappa shape index (κ2) is 11.9. The molecule has 2 unspecified atom stereocenters. The fourth-order valence-electron chi connectivity index (χ4n) is 3.98. The molecule has 178 valence electrons. The van der Waals surface area contributed by atoms with Crippen LogP contribution in [0.5, 0.6) is 0 Å². The van der Waals surface area contributed by atoms with Crippen LogP contribution in [0, 0.1) is 0 Å². The SMILES string of the molecule is C[C@@H]1OC(COCc2ccccc2)[C@H](OC(=O)c2ccccc2)[C@@H](OCc2ccccc2)C1O. The number of carbonyl (C=O) groups excluding carboxylic acids is 1. The minimum Gasteiger partial charge on any atom is -0.453 e. The van der Waals surface area contributed by atoms with Gasteiger partial charge in [-0.1, -0.05) is 78.9 Å². The first-order valence-electron chi connectivity index (χ1n) is 11.5. The van der Waals surface area contributed by atoms with Crippen molar-refractivity contribution in [3.05, 3.63) is 108 Å². The highest BCUT2D eigenvalue weighted by Gasteiger charge is 2.47. The van der Waals surface area contributed by atoms with Crippen LogP contribution < -0.4 is 0 Å². The molecule has 0 radical (unpaired) electrons. The first kappa shape index (κ1) is 24.1. The summed E-state index contributed by atoms with van der Waals surface area (Å²) in [5.74, 6) is -0.502. The molecular formula is C28H30O6. The molecule has 0 amide bonds. The van der Waals surface area contributed by atoms with E-state index < -0.39 is 36.5 Å². The molecule has 34 heavy (non-hydrogen) atoms. The van der Waals surface area contributed by atoms with Crippen LogP contribution in [0.4, 0.5) is 0 Å². The van der Waals surface area contributed by atoms with E-state index in [0.29, 0.717) is 12.2 Å². The minimum absolute atomic E-state index is 0.184.